The molecule has 4 nitrogen and oxygen atoms in total. The summed E-state index contributed by atoms with van der Waals surface area (Å²) in [7, 11) is 0. The number of rotatable bonds is 10. The monoisotopic (exact) mass is 545 g/mol. The number of carboxylic acid groups (broad SMARTS) is 1. The van der Waals surface area contributed by atoms with E-state index in [-0.39, 0.29) is 16.7 Å². The summed E-state index contributed by atoms with van der Waals surface area (Å²) in [6, 6.07) is 25.3. The number of hydrogen-bond acceptors (Lipinski definition) is 4. The van der Waals surface area contributed by atoms with Gasteiger partial charge in [0.15, 0.2) is 0 Å². The highest BCUT2D eigenvalue weighted by atomic mass is 35.5. The van der Waals surface area contributed by atoms with Gasteiger partial charge >= 0.3 is 5.97 Å². The number of nitrogens with zero attached hydrogens (tertiary/aromatic N) is 1. The largest absolute Gasteiger partial charge is 0.478 e. The molecule has 0 bridgehead atoms. The van der Waals surface area contributed by atoms with Crippen LogP contribution in [0.25, 0.3) is 23.1 Å². The lowest BCUT2D eigenvalue weighted by Gasteiger charge is -2.26. The predicted octanol–water partition coefficient (Wildman–Crippen LogP) is 8.50. The van der Waals surface area contributed by atoms with Crippen molar-refractivity contribution in [2.24, 2.45) is 0 Å². The molecule has 0 aliphatic heterocycles. The van der Waals surface area contributed by atoms with E-state index in [2.05, 4.69) is 31.2 Å². The van der Waals surface area contributed by atoms with Crippen molar-refractivity contribution in [2.75, 3.05) is 5.75 Å². The van der Waals surface area contributed by atoms with E-state index in [0.717, 1.165) is 39.0 Å². The first kappa shape index (κ1) is 27.9. The average molecular weight is 546 g/mol. The fraction of sp³-hybridized carbons (Fsp3) is 0.250. The van der Waals surface area contributed by atoms with Gasteiger partial charge in [-0.25, -0.2) is 9.78 Å². The van der Waals surface area contributed by atoms with Gasteiger partial charge in [-0.1, -0.05) is 73.1 Å². The van der Waals surface area contributed by atoms with Crippen LogP contribution >= 0.6 is 23.4 Å². The molecular weight excluding hydrogens is 514 g/mol. The summed E-state index contributed by atoms with van der Waals surface area (Å²) in [6.45, 7) is 5.78. The van der Waals surface area contributed by atoms with Crippen LogP contribution in [0, 0.1) is 0 Å². The van der Waals surface area contributed by atoms with Gasteiger partial charge in [-0.3, -0.25) is 0 Å². The molecule has 0 amide bonds. The Hall–Kier alpha value is -3.12. The second kappa shape index (κ2) is 12.2. The van der Waals surface area contributed by atoms with Gasteiger partial charge < -0.3 is 10.2 Å². The van der Waals surface area contributed by atoms with Crippen molar-refractivity contribution in [3.8, 4) is 0 Å². The molecule has 0 saturated heterocycles. The number of fused-ring (bicyclic) bond motifs is 1. The summed E-state index contributed by atoms with van der Waals surface area (Å²) in [5, 5.41) is 21.5. The molecule has 38 heavy (non-hydrogen) atoms. The summed E-state index contributed by atoms with van der Waals surface area (Å²) in [5.41, 5.74) is 4.43. The Morgan fingerprint density at radius 2 is 1.74 bits per heavy atom. The van der Waals surface area contributed by atoms with Crippen LogP contribution in [-0.4, -0.2) is 32.5 Å². The van der Waals surface area contributed by atoms with Gasteiger partial charge in [-0.05, 0) is 85.0 Å². The molecule has 1 heterocycles. The summed E-state index contributed by atoms with van der Waals surface area (Å²) >= 11 is 7.93. The van der Waals surface area contributed by atoms with E-state index in [4.69, 9.17) is 16.6 Å². The quantitative estimate of drug-likeness (QED) is 0.209. The van der Waals surface area contributed by atoms with Crippen molar-refractivity contribution in [1.82, 2.24) is 4.98 Å². The van der Waals surface area contributed by atoms with Gasteiger partial charge in [-0.2, -0.15) is 11.8 Å². The number of aliphatic hydroxyl groups is 1. The van der Waals surface area contributed by atoms with Gasteiger partial charge in [-0.15, -0.1) is 0 Å². The van der Waals surface area contributed by atoms with Crippen LogP contribution in [0.4, 0.5) is 0 Å². The van der Waals surface area contributed by atoms with Crippen LogP contribution < -0.4 is 0 Å². The Labute approximate surface area is 233 Å². The lowest BCUT2D eigenvalue weighted by Crippen LogP contribution is -2.19. The minimum atomic E-state index is -0.929. The highest BCUT2D eigenvalue weighted by molar-refractivity contribution is 7.99. The molecule has 0 saturated carbocycles. The predicted molar refractivity (Wildman–Crippen MR) is 160 cm³/mol. The third-order valence-electron chi connectivity index (χ3n) is 6.49. The van der Waals surface area contributed by atoms with Crippen molar-refractivity contribution >= 4 is 52.4 Å². The number of aromatic carboxylic acids is 1. The third-order valence-corrected chi connectivity index (χ3v) is 8.20. The maximum absolute atomic E-state index is 11.6. The molecule has 6 heteroatoms. The minimum absolute atomic E-state index is 0.0623. The Bertz CT molecular complexity index is 1460. The van der Waals surface area contributed by atoms with Crippen LogP contribution in [0.2, 0.25) is 5.02 Å². The maximum atomic E-state index is 11.6. The Kier molecular flexibility index (Phi) is 8.93. The number of carboxylic acids is 1. The number of aromatic nitrogens is 1. The van der Waals surface area contributed by atoms with Crippen molar-refractivity contribution < 1.29 is 15.0 Å². The Balaban J connectivity index is 1.62. The Morgan fingerprint density at radius 3 is 2.50 bits per heavy atom. The molecule has 0 spiro atoms. The topological polar surface area (TPSA) is 70.4 Å². The highest BCUT2D eigenvalue weighted by Gasteiger charge is 2.24. The third kappa shape index (κ3) is 7.47. The SMILES string of the molecule is CC(c1cccc(C(=O)O)c1)C(SCCC(C)(C)O)c1cccc(C=Cc2ccc3ccc(Cl)cc3n2)c1. The van der Waals surface area contributed by atoms with E-state index in [1.54, 1.807) is 30.0 Å². The molecule has 196 valence electrons. The van der Waals surface area contributed by atoms with Crippen LogP contribution in [0.5, 0.6) is 0 Å². The fourth-order valence-corrected chi connectivity index (χ4v) is 6.14. The molecule has 0 fully saturated rings. The standard InChI is InChI=1S/C32H32ClNO3S/c1-21(24-7-5-9-26(19-24)31(35)36)30(38-17-16-32(2,3)37)25-8-4-6-22(18-25)10-14-28-15-12-23-11-13-27(33)20-29(23)34-28/h4-15,18-21,30,37H,16-17H2,1-3H3,(H,35,36). The number of thioether (sulfide) groups is 1. The second-order valence-electron chi connectivity index (χ2n) is 10.1. The van der Waals surface area contributed by atoms with Crippen molar-refractivity contribution in [2.45, 2.75) is 44.0 Å². The summed E-state index contributed by atoms with van der Waals surface area (Å²) in [4.78, 5) is 16.3. The first-order valence-corrected chi connectivity index (χ1v) is 14.0. The van der Waals surface area contributed by atoms with Gasteiger partial charge in [0, 0.05) is 15.7 Å². The van der Waals surface area contributed by atoms with Crippen molar-refractivity contribution in [1.29, 1.82) is 0 Å². The van der Waals surface area contributed by atoms with Crippen molar-refractivity contribution in [3.63, 3.8) is 0 Å². The lowest BCUT2D eigenvalue weighted by atomic mass is 9.91. The number of benzene rings is 3. The Morgan fingerprint density at radius 1 is 1.00 bits per heavy atom. The lowest BCUT2D eigenvalue weighted by molar-refractivity contribution is 0.0696. The minimum Gasteiger partial charge on any atom is -0.478 e. The fourth-order valence-electron chi connectivity index (χ4n) is 4.31. The van der Waals surface area contributed by atoms with E-state index in [9.17, 15) is 15.0 Å². The van der Waals surface area contributed by atoms with Gasteiger partial charge in [0.1, 0.15) is 0 Å². The maximum Gasteiger partial charge on any atom is 0.335 e. The number of carbonyl (C=O) groups is 1. The second-order valence-corrected chi connectivity index (χ2v) is 11.8. The molecule has 0 aliphatic rings. The molecule has 2 unspecified atom stereocenters. The van der Waals surface area contributed by atoms with Crippen molar-refractivity contribution in [3.05, 3.63) is 112 Å². The first-order chi connectivity index (χ1) is 18.1. The molecule has 3 aromatic carbocycles. The number of halogens is 1. The smallest absolute Gasteiger partial charge is 0.335 e. The zero-order valence-electron chi connectivity index (χ0n) is 21.8. The molecule has 4 rings (SSSR count). The molecule has 0 aliphatic carbocycles. The molecular formula is C32H32ClNO3S. The first-order valence-electron chi connectivity index (χ1n) is 12.6. The van der Waals surface area contributed by atoms with E-state index < -0.39 is 11.6 Å². The van der Waals surface area contributed by atoms with Crippen LogP contribution in [0.1, 0.15) is 71.1 Å². The van der Waals surface area contributed by atoms with E-state index in [1.165, 1.54) is 0 Å². The van der Waals surface area contributed by atoms with Crippen LogP contribution in [0.15, 0.2) is 78.9 Å². The zero-order chi connectivity index (χ0) is 27.3. The van der Waals surface area contributed by atoms with Gasteiger partial charge in [0.05, 0.1) is 22.4 Å². The molecule has 0 radical (unpaired) electrons. The highest BCUT2D eigenvalue weighted by Crippen LogP contribution is 2.42. The molecule has 2 atom stereocenters. The molecule has 2 N–H and O–H groups in total. The number of hydrogen-bond donors (Lipinski definition) is 2. The summed E-state index contributed by atoms with van der Waals surface area (Å²) in [5.74, 6) is -0.0879. The van der Waals surface area contributed by atoms with Gasteiger partial charge in [0.25, 0.3) is 0 Å². The normalized spacial score (nSPS) is 13.6. The molecule has 4 aromatic rings. The van der Waals surface area contributed by atoms with E-state index >= 15 is 0 Å². The van der Waals surface area contributed by atoms with Crippen LogP contribution in [-0.2, 0) is 0 Å². The zero-order valence-corrected chi connectivity index (χ0v) is 23.3. The number of pyridine rings is 1. The van der Waals surface area contributed by atoms with E-state index in [0.29, 0.717) is 11.4 Å². The van der Waals surface area contributed by atoms with Crippen LogP contribution in [0.3, 0.4) is 0 Å². The average Bonchev–Trinajstić information content (AvgIpc) is 2.89. The van der Waals surface area contributed by atoms with E-state index in [1.807, 2.05) is 62.4 Å². The molecule has 1 aromatic heterocycles. The van der Waals surface area contributed by atoms with Gasteiger partial charge in [0.2, 0.25) is 0 Å². The summed E-state index contributed by atoms with van der Waals surface area (Å²) in [6.07, 6.45) is 4.71. The summed E-state index contributed by atoms with van der Waals surface area (Å²) < 4.78 is 0.